The van der Waals surface area contributed by atoms with Gasteiger partial charge in [-0.1, -0.05) is 18.2 Å². The molecular formula is C18H16N2O3. The van der Waals surface area contributed by atoms with Crippen molar-refractivity contribution in [2.45, 2.75) is 13.5 Å². The van der Waals surface area contributed by atoms with Crippen molar-refractivity contribution < 1.29 is 13.9 Å². The third-order valence-electron chi connectivity index (χ3n) is 3.13. The maximum atomic E-state index is 11.0. The number of hydrogen-bond donors (Lipinski definition) is 1. The minimum Gasteiger partial charge on any atom is -0.487 e. The summed E-state index contributed by atoms with van der Waals surface area (Å²) in [6.07, 6.45) is 1.59. The normalized spacial score (nSPS) is 10.3. The fourth-order valence-electron chi connectivity index (χ4n) is 2.08. The second kappa shape index (κ2) is 6.79. The largest absolute Gasteiger partial charge is 0.487 e. The van der Waals surface area contributed by atoms with Crippen molar-refractivity contribution >= 4 is 11.6 Å². The van der Waals surface area contributed by atoms with E-state index in [9.17, 15) is 4.79 Å². The Labute approximate surface area is 133 Å². The van der Waals surface area contributed by atoms with Gasteiger partial charge in [-0.15, -0.1) is 0 Å². The van der Waals surface area contributed by atoms with Gasteiger partial charge >= 0.3 is 0 Å². The Balaban J connectivity index is 1.60. The van der Waals surface area contributed by atoms with Crippen LogP contribution in [0.15, 0.2) is 65.3 Å². The van der Waals surface area contributed by atoms with Crippen LogP contribution >= 0.6 is 0 Å². The lowest BCUT2D eigenvalue weighted by Crippen LogP contribution is -2.05. The van der Waals surface area contributed by atoms with Gasteiger partial charge in [-0.3, -0.25) is 4.79 Å². The summed E-state index contributed by atoms with van der Waals surface area (Å²) in [5, 5.41) is 2.71. The fraction of sp³-hybridized carbons (Fsp3) is 0.111. The first kappa shape index (κ1) is 14.8. The number of rotatable bonds is 5. The van der Waals surface area contributed by atoms with E-state index < -0.39 is 0 Å². The molecule has 0 aliphatic carbocycles. The van der Waals surface area contributed by atoms with Crippen LogP contribution in [0.2, 0.25) is 0 Å². The fourth-order valence-corrected chi connectivity index (χ4v) is 2.08. The van der Waals surface area contributed by atoms with E-state index >= 15 is 0 Å². The highest BCUT2D eigenvalue weighted by Gasteiger charge is 2.07. The molecule has 1 N–H and O–H groups in total. The first-order valence-corrected chi connectivity index (χ1v) is 7.21. The SMILES string of the molecule is CC(=O)Nc1ccc(OCc2coc(-c3ccccc3)n2)cc1. The average Bonchev–Trinajstić information content (AvgIpc) is 3.04. The lowest BCUT2D eigenvalue weighted by atomic mass is 10.2. The predicted molar refractivity (Wildman–Crippen MR) is 87.0 cm³/mol. The van der Waals surface area contributed by atoms with Crippen LogP contribution in [0.1, 0.15) is 12.6 Å². The van der Waals surface area contributed by atoms with E-state index in [0.29, 0.717) is 18.2 Å². The second-order valence-corrected chi connectivity index (χ2v) is 5.00. The van der Waals surface area contributed by atoms with Gasteiger partial charge in [-0.05, 0) is 36.4 Å². The number of oxazole rings is 1. The molecule has 2 aromatic carbocycles. The van der Waals surface area contributed by atoms with E-state index in [1.165, 1.54) is 6.92 Å². The quantitative estimate of drug-likeness (QED) is 0.777. The molecule has 5 heteroatoms. The molecule has 3 rings (SSSR count). The van der Waals surface area contributed by atoms with Gasteiger partial charge in [0.05, 0.1) is 0 Å². The van der Waals surface area contributed by atoms with Crippen molar-refractivity contribution in [1.82, 2.24) is 4.98 Å². The van der Waals surface area contributed by atoms with Crippen LogP contribution < -0.4 is 10.1 Å². The molecule has 0 spiro atoms. The van der Waals surface area contributed by atoms with E-state index in [4.69, 9.17) is 9.15 Å². The monoisotopic (exact) mass is 308 g/mol. The predicted octanol–water partition coefficient (Wildman–Crippen LogP) is 3.88. The zero-order valence-corrected chi connectivity index (χ0v) is 12.7. The molecule has 0 aliphatic rings. The molecule has 0 unspecified atom stereocenters. The molecule has 0 saturated heterocycles. The number of ether oxygens (including phenoxy) is 1. The summed E-state index contributed by atoms with van der Waals surface area (Å²) in [4.78, 5) is 15.4. The van der Waals surface area contributed by atoms with Crippen molar-refractivity contribution in [3.8, 4) is 17.2 Å². The zero-order valence-electron chi connectivity index (χ0n) is 12.7. The van der Waals surface area contributed by atoms with Crippen LogP contribution in [0.4, 0.5) is 5.69 Å². The van der Waals surface area contributed by atoms with Crippen molar-refractivity contribution in [2.24, 2.45) is 0 Å². The number of anilines is 1. The number of carbonyl (C=O) groups is 1. The van der Waals surface area contributed by atoms with Gasteiger partial charge in [0.2, 0.25) is 11.8 Å². The lowest BCUT2D eigenvalue weighted by molar-refractivity contribution is -0.114. The first-order chi connectivity index (χ1) is 11.2. The average molecular weight is 308 g/mol. The van der Waals surface area contributed by atoms with Crippen LogP contribution in [-0.4, -0.2) is 10.9 Å². The molecule has 1 heterocycles. The molecule has 23 heavy (non-hydrogen) atoms. The third kappa shape index (κ3) is 3.97. The number of aromatic nitrogens is 1. The van der Waals surface area contributed by atoms with Gasteiger partial charge in [-0.25, -0.2) is 4.98 Å². The molecule has 0 bridgehead atoms. The smallest absolute Gasteiger partial charge is 0.226 e. The van der Waals surface area contributed by atoms with Crippen LogP contribution in [0, 0.1) is 0 Å². The Morgan fingerprint density at radius 2 is 1.87 bits per heavy atom. The zero-order chi connectivity index (χ0) is 16.1. The molecule has 1 aromatic heterocycles. The lowest BCUT2D eigenvalue weighted by Gasteiger charge is -2.05. The molecule has 5 nitrogen and oxygen atoms in total. The van der Waals surface area contributed by atoms with Crippen LogP contribution in [0.5, 0.6) is 5.75 Å². The van der Waals surface area contributed by atoms with Crippen LogP contribution in [0.3, 0.4) is 0 Å². The van der Waals surface area contributed by atoms with Crippen molar-refractivity contribution in [2.75, 3.05) is 5.32 Å². The van der Waals surface area contributed by atoms with Gasteiger partial charge in [0.1, 0.15) is 24.3 Å². The number of carbonyl (C=O) groups excluding carboxylic acids is 1. The highest BCUT2D eigenvalue weighted by Crippen LogP contribution is 2.20. The van der Waals surface area contributed by atoms with E-state index in [-0.39, 0.29) is 5.91 Å². The number of amides is 1. The summed E-state index contributed by atoms with van der Waals surface area (Å²) in [6.45, 7) is 1.79. The van der Waals surface area contributed by atoms with Crippen LogP contribution in [0.25, 0.3) is 11.5 Å². The number of nitrogens with zero attached hydrogens (tertiary/aromatic N) is 1. The summed E-state index contributed by atoms with van der Waals surface area (Å²) in [7, 11) is 0. The van der Waals surface area contributed by atoms with Crippen molar-refractivity contribution in [3.05, 3.63) is 66.6 Å². The van der Waals surface area contributed by atoms with Gasteiger partial charge < -0.3 is 14.5 Å². The second-order valence-electron chi connectivity index (χ2n) is 5.00. The summed E-state index contributed by atoms with van der Waals surface area (Å²) in [5.74, 6) is 1.17. The van der Waals surface area contributed by atoms with Gasteiger partial charge in [0.25, 0.3) is 0 Å². The minimum absolute atomic E-state index is 0.102. The summed E-state index contributed by atoms with van der Waals surface area (Å²) < 4.78 is 11.1. The van der Waals surface area contributed by atoms with Gasteiger partial charge in [-0.2, -0.15) is 0 Å². The highest BCUT2D eigenvalue weighted by molar-refractivity contribution is 5.88. The summed E-state index contributed by atoms with van der Waals surface area (Å²) >= 11 is 0. The molecule has 0 radical (unpaired) electrons. The van der Waals surface area contributed by atoms with E-state index in [2.05, 4.69) is 10.3 Å². The van der Waals surface area contributed by atoms with Crippen LogP contribution in [-0.2, 0) is 11.4 Å². The maximum absolute atomic E-state index is 11.0. The summed E-state index contributed by atoms with van der Waals surface area (Å²) in [5.41, 5.74) is 2.38. The van der Waals surface area contributed by atoms with E-state index in [0.717, 1.165) is 16.9 Å². The van der Waals surface area contributed by atoms with E-state index in [1.54, 1.807) is 30.5 Å². The molecule has 116 valence electrons. The Morgan fingerprint density at radius 3 is 2.57 bits per heavy atom. The summed E-state index contributed by atoms with van der Waals surface area (Å²) in [6, 6.07) is 16.9. The molecule has 0 fully saturated rings. The Hall–Kier alpha value is -3.08. The van der Waals surface area contributed by atoms with Gasteiger partial charge in [0, 0.05) is 18.2 Å². The molecule has 0 saturated carbocycles. The number of hydrogen-bond acceptors (Lipinski definition) is 4. The van der Waals surface area contributed by atoms with E-state index in [1.807, 2.05) is 30.3 Å². The third-order valence-corrected chi connectivity index (χ3v) is 3.13. The standard InChI is InChI=1S/C18H16N2O3/c1-13(21)19-15-7-9-17(10-8-15)22-11-16-12-23-18(20-16)14-5-3-2-4-6-14/h2-10,12H,11H2,1H3,(H,19,21). The molecule has 0 aliphatic heterocycles. The Bertz CT molecular complexity index is 780. The van der Waals surface area contributed by atoms with Crippen molar-refractivity contribution in [3.63, 3.8) is 0 Å². The number of benzene rings is 2. The molecular weight excluding hydrogens is 292 g/mol. The molecule has 0 atom stereocenters. The Kier molecular flexibility index (Phi) is 4.38. The van der Waals surface area contributed by atoms with Crippen molar-refractivity contribution in [1.29, 1.82) is 0 Å². The maximum Gasteiger partial charge on any atom is 0.226 e. The molecule has 3 aromatic rings. The topological polar surface area (TPSA) is 64.4 Å². The minimum atomic E-state index is -0.102. The first-order valence-electron chi connectivity index (χ1n) is 7.21. The highest BCUT2D eigenvalue weighted by atomic mass is 16.5. The Morgan fingerprint density at radius 1 is 1.13 bits per heavy atom. The van der Waals surface area contributed by atoms with Gasteiger partial charge in [0.15, 0.2) is 0 Å². The number of nitrogens with one attached hydrogen (secondary N) is 1. The molecule has 1 amide bonds.